The van der Waals surface area contributed by atoms with Gasteiger partial charge in [0.15, 0.2) is 18.5 Å². The minimum absolute atomic E-state index is 0.131. The maximum absolute atomic E-state index is 8.53. The van der Waals surface area contributed by atoms with Crippen molar-refractivity contribution in [2.24, 2.45) is 0 Å². The van der Waals surface area contributed by atoms with Crippen molar-refractivity contribution in [1.82, 2.24) is 0 Å². The summed E-state index contributed by atoms with van der Waals surface area (Å²) in [6.07, 6.45) is 3.20. The molecule has 0 amide bonds. The van der Waals surface area contributed by atoms with Crippen LogP contribution in [0.1, 0.15) is 0 Å². The topological polar surface area (TPSA) is 51.5 Å². The predicted molar refractivity (Wildman–Crippen MR) is 44.7 cm³/mol. The predicted octanol–water partition coefficient (Wildman–Crippen LogP) is 1.24. The van der Waals surface area contributed by atoms with Crippen LogP contribution in [0, 0.1) is 16.7 Å². The van der Waals surface area contributed by atoms with Gasteiger partial charge in [0, 0.05) is 12.1 Å². The summed E-state index contributed by atoms with van der Waals surface area (Å²) in [5.74, 6) is 2.01. The van der Waals surface area contributed by atoms with Gasteiger partial charge >= 0.3 is 5.70 Å². The number of nitriles is 1. The van der Waals surface area contributed by atoms with E-state index in [-0.39, 0.29) is 5.70 Å². The van der Waals surface area contributed by atoms with E-state index in [4.69, 9.17) is 22.3 Å². The molecule has 0 radical (unpaired) electrons. The Bertz CT molecular complexity index is 368. The first-order chi connectivity index (χ1) is 5.77. The molecular formula is C8H5ClN3+. The molecule has 1 rings (SSSR count). The Morgan fingerprint density at radius 1 is 1.50 bits per heavy atom. The van der Waals surface area contributed by atoms with Gasteiger partial charge in [0.25, 0.3) is 0 Å². The van der Waals surface area contributed by atoms with Gasteiger partial charge in [-0.3, -0.25) is 5.41 Å². The Morgan fingerprint density at radius 2 is 2.08 bits per heavy atom. The third kappa shape index (κ3) is 1.70. The molecule has 0 aromatic carbocycles. The van der Waals surface area contributed by atoms with E-state index in [2.05, 4.69) is 0 Å². The smallest absolute Gasteiger partial charge is 0.252 e. The number of rotatable bonds is 1. The van der Waals surface area contributed by atoms with Gasteiger partial charge in [-0.1, -0.05) is 11.6 Å². The fraction of sp³-hybridized carbons (Fsp3) is 0. The van der Waals surface area contributed by atoms with Crippen LogP contribution in [0.15, 0.2) is 24.5 Å². The van der Waals surface area contributed by atoms with Crippen molar-refractivity contribution in [3.63, 3.8) is 0 Å². The lowest BCUT2D eigenvalue weighted by Crippen LogP contribution is -2.30. The zero-order valence-electron chi connectivity index (χ0n) is 6.08. The molecular weight excluding hydrogens is 174 g/mol. The lowest BCUT2D eigenvalue weighted by Gasteiger charge is -1.87. The van der Waals surface area contributed by atoms with Gasteiger partial charge in [-0.2, -0.15) is 5.26 Å². The highest BCUT2D eigenvalue weighted by Gasteiger charge is 2.06. The number of halogens is 1. The number of nitrogens with zero attached hydrogens (tertiary/aromatic N) is 2. The second-order valence-electron chi connectivity index (χ2n) is 2.01. The van der Waals surface area contributed by atoms with Gasteiger partial charge < -0.3 is 0 Å². The molecule has 0 aliphatic heterocycles. The van der Waals surface area contributed by atoms with Crippen molar-refractivity contribution in [3.05, 3.63) is 29.5 Å². The van der Waals surface area contributed by atoms with E-state index >= 15 is 0 Å². The molecule has 1 aromatic heterocycles. The summed E-state index contributed by atoms with van der Waals surface area (Å²) in [6.45, 7) is 0. The van der Waals surface area contributed by atoms with Crippen LogP contribution >= 0.6 is 11.6 Å². The first-order valence-corrected chi connectivity index (χ1v) is 3.52. The molecule has 1 N–H and O–H groups in total. The Hall–Kier alpha value is -1.62. The van der Waals surface area contributed by atoms with E-state index in [1.165, 1.54) is 4.57 Å². The minimum Gasteiger partial charge on any atom is -0.252 e. The number of hydrogen-bond donors (Lipinski definition) is 1. The van der Waals surface area contributed by atoms with Crippen molar-refractivity contribution < 1.29 is 4.57 Å². The van der Waals surface area contributed by atoms with E-state index < -0.39 is 0 Å². The lowest BCUT2D eigenvalue weighted by atomic mass is 10.4. The molecule has 0 saturated heterocycles. The second-order valence-corrected chi connectivity index (χ2v) is 2.45. The van der Waals surface area contributed by atoms with Gasteiger partial charge in [-0.15, -0.1) is 4.57 Å². The third-order valence-electron chi connectivity index (χ3n) is 1.27. The van der Waals surface area contributed by atoms with Gasteiger partial charge in [0.1, 0.15) is 0 Å². The highest BCUT2D eigenvalue weighted by Crippen LogP contribution is 2.02. The average Bonchev–Trinajstić information content (AvgIpc) is 2.10. The molecule has 0 saturated carbocycles. The zero-order chi connectivity index (χ0) is 8.97. The van der Waals surface area contributed by atoms with Crippen LogP contribution in [0.2, 0.25) is 5.02 Å². The molecule has 0 bridgehead atoms. The summed E-state index contributed by atoms with van der Waals surface area (Å²) in [6, 6.07) is 5.10. The lowest BCUT2D eigenvalue weighted by molar-refractivity contribution is -0.576. The molecule has 4 heteroatoms. The molecule has 0 aliphatic rings. The molecule has 3 nitrogen and oxygen atoms in total. The first-order valence-electron chi connectivity index (χ1n) is 3.15. The summed E-state index contributed by atoms with van der Waals surface area (Å²) < 4.78 is 1.47. The summed E-state index contributed by atoms with van der Waals surface area (Å²) >= 11 is 5.63. The van der Waals surface area contributed by atoms with E-state index in [0.717, 1.165) is 0 Å². The zero-order valence-corrected chi connectivity index (χ0v) is 6.84. The first kappa shape index (κ1) is 8.48. The van der Waals surface area contributed by atoms with Crippen molar-refractivity contribution in [3.8, 4) is 6.07 Å². The summed E-state index contributed by atoms with van der Waals surface area (Å²) in [5, 5.41) is 15.9. The van der Waals surface area contributed by atoms with E-state index in [1.807, 2.05) is 11.9 Å². The molecule has 1 aromatic rings. The van der Waals surface area contributed by atoms with E-state index in [9.17, 15) is 0 Å². The summed E-state index contributed by atoms with van der Waals surface area (Å²) in [7, 11) is 0. The van der Waals surface area contributed by atoms with Crippen LogP contribution in [-0.4, -0.2) is 5.87 Å². The van der Waals surface area contributed by atoms with Crippen molar-refractivity contribution in [2.45, 2.75) is 0 Å². The molecule has 0 unspecified atom stereocenters. The molecule has 0 atom stereocenters. The Balaban J connectivity index is 3.15. The van der Waals surface area contributed by atoms with E-state index in [1.54, 1.807) is 24.5 Å². The quantitative estimate of drug-likeness (QED) is 0.393. The summed E-state index contributed by atoms with van der Waals surface area (Å²) in [4.78, 5) is 0. The molecule has 0 aliphatic carbocycles. The van der Waals surface area contributed by atoms with Gasteiger partial charge in [0.2, 0.25) is 0 Å². The average molecular weight is 179 g/mol. The normalized spacial score (nSPS) is 8.33. The number of nitrogens with one attached hydrogen (secondary N) is 1. The monoisotopic (exact) mass is 178 g/mol. The fourth-order valence-electron chi connectivity index (χ4n) is 0.708. The Kier molecular flexibility index (Phi) is 2.60. The van der Waals surface area contributed by atoms with Crippen molar-refractivity contribution in [2.75, 3.05) is 0 Å². The minimum atomic E-state index is 0.131. The van der Waals surface area contributed by atoms with Gasteiger partial charge in [0.05, 0.1) is 10.9 Å². The molecule has 58 valence electrons. The van der Waals surface area contributed by atoms with Gasteiger partial charge in [-0.05, 0) is 0 Å². The third-order valence-corrected chi connectivity index (χ3v) is 1.52. The van der Waals surface area contributed by atoms with Crippen LogP contribution in [0.4, 0.5) is 0 Å². The SMILES string of the molecule is N#CC(=C=N)[n+]1ccc(Cl)cc1. The molecule has 1 heterocycles. The van der Waals surface area contributed by atoms with E-state index in [0.29, 0.717) is 5.02 Å². The van der Waals surface area contributed by atoms with Crippen LogP contribution in [-0.2, 0) is 0 Å². The van der Waals surface area contributed by atoms with Gasteiger partial charge in [-0.25, -0.2) is 0 Å². The number of hydrogen-bond acceptors (Lipinski definition) is 2. The number of allylic oxidation sites excluding steroid dienone is 1. The van der Waals surface area contributed by atoms with Crippen LogP contribution in [0.25, 0.3) is 5.70 Å². The maximum Gasteiger partial charge on any atom is 0.351 e. The molecule has 0 spiro atoms. The van der Waals surface area contributed by atoms with Crippen LogP contribution < -0.4 is 4.57 Å². The highest BCUT2D eigenvalue weighted by atomic mass is 35.5. The summed E-state index contributed by atoms with van der Waals surface area (Å²) in [5.41, 5.74) is 0.131. The maximum atomic E-state index is 8.53. The highest BCUT2D eigenvalue weighted by molar-refractivity contribution is 6.30. The number of aromatic nitrogens is 1. The Morgan fingerprint density at radius 3 is 2.50 bits per heavy atom. The standard InChI is InChI=1S/C8H5ClN3/c9-7-1-3-12(4-2-7)8(5-10)6-11/h1-4,10H/q+1. The Labute approximate surface area is 74.6 Å². The number of pyridine rings is 1. The largest absolute Gasteiger partial charge is 0.351 e. The van der Waals surface area contributed by atoms with Crippen molar-refractivity contribution in [1.29, 1.82) is 10.7 Å². The molecule has 12 heavy (non-hydrogen) atoms. The molecule has 0 fully saturated rings. The fourth-order valence-corrected chi connectivity index (χ4v) is 0.820. The van der Waals surface area contributed by atoms with Crippen molar-refractivity contribution >= 4 is 23.2 Å². The van der Waals surface area contributed by atoms with Crippen LogP contribution in [0.5, 0.6) is 0 Å². The second kappa shape index (κ2) is 3.68. The van der Waals surface area contributed by atoms with Crippen LogP contribution in [0.3, 0.4) is 0 Å².